The molecule has 2 rings (SSSR count). The largest absolute Gasteiger partial charge is 0.290 e. The first kappa shape index (κ1) is 16.0. The third-order valence-electron chi connectivity index (χ3n) is 4.42. The summed E-state index contributed by atoms with van der Waals surface area (Å²) in [5, 5.41) is 0. The van der Waals surface area contributed by atoms with Gasteiger partial charge in [0.15, 0.2) is 0 Å². The third-order valence-corrected chi connectivity index (χ3v) is 4.92. The van der Waals surface area contributed by atoms with Gasteiger partial charge in [0.2, 0.25) is 0 Å². The molecule has 2 aromatic carbocycles. The van der Waals surface area contributed by atoms with Gasteiger partial charge in [0.25, 0.3) is 0 Å². The summed E-state index contributed by atoms with van der Waals surface area (Å²) in [5.74, 6) is 0. The second-order valence-corrected chi connectivity index (χ2v) is 6.51. The molecular weight excluding hydrogens is 270 g/mol. The van der Waals surface area contributed by atoms with E-state index in [1.54, 1.807) is 0 Å². The molecule has 112 valence electrons. The van der Waals surface area contributed by atoms with Crippen LogP contribution in [0.25, 0.3) is 0 Å². The Morgan fingerprint density at radius 2 is 1.24 bits per heavy atom. The van der Waals surface area contributed by atoms with E-state index in [1.165, 1.54) is 33.8 Å². The fraction of sp³-hybridized carbons (Fsp3) is 0.368. The van der Waals surface area contributed by atoms with Gasteiger partial charge in [0, 0.05) is 10.2 Å². The Hall–Kier alpha value is -1.38. The van der Waals surface area contributed by atoms with E-state index in [-0.39, 0.29) is 5.54 Å². The Morgan fingerprint density at radius 3 is 1.57 bits per heavy atom. The van der Waals surface area contributed by atoms with Crippen molar-refractivity contribution < 1.29 is 0 Å². The molecule has 0 aliphatic carbocycles. The average Bonchev–Trinajstić information content (AvgIpc) is 2.56. The van der Waals surface area contributed by atoms with E-state index < -0.39 is 0 Å². The van der Waals surface area contributed by atoms with Crippen LogP contribution in [0.5, 0.6) is 0 Å². The zero-order valence-corrected chi connectivity index (χ0v) is 15.5. The summed E-state index contributed by atoms with van der Waals surface area (Å²) in [5.41, 5.74) is 2.87. The molecule has 0 aliphatic heterocycles. The van der Waals surface area contributed by atoms with Gasteiger partial charge in [-0.05, 0) is 30.6 Å². The van der Waals surface area contributed by atoms with Crippen molar-refractivity contribution in [3.8, 4) is 0 Å². The van der Waals surface area contributed by atoms with E-state index in [1.807, 2.05) is 0 Å². The minimum absolute atomic E-state index is 0.0216. The van der Waals surface area contributed by atoms with Crippen molar-refractivity contribution in [2.45, 2.75) is 31.9 Å². The lowest BCUT2D eigenvalue weighted by atomic mass is 9.79. The molecule has 0 atom stereocenters. The van der Waals surface area contributed by atoms with Crippen molar-refractivity contribution in [3.05, 3.63) is 71.8 Å². The summed E-state index contributed by atoms with van der Waals surface area (Å²) in [4.78, 5) is 2.62. The topological polar surface area (TPSA) is 3.24 Å². The molecule has 0 amide bonds. The minimum Gasteiger partial charge on any atom is -0.290 e. The van der Waals surface area contributed by atoms with Crippen LogP contribution < -0.4 is 0 Å². The second kappa shape index (κ2) is 7.58. The second-order valence-electron chi connectivity index (χ2n) is 5.51. The molecule has 0 N–H and O–H groups in total. The molecule has 21 heavy (non-hydrogen) atoms. The van der Waals surface area contributed by atoms with Crippen molar-refractivity contribution in [2.24, 2.45) is 0 Å². The molecule has 0 spiro atoms. The van der Waals surface area contributed by atoms with E-state index in [2.05, 4.69) is 79.4 Å². The fourth-order valence-electron chi connectivity index (χ4n) is 3.53. The normalized spacial score (nSPS) is 12.0. The quantitative estimate of drug-likeness (QED) is 0.708. The highest BCUT2D eigenvalue weighted by Gasteiger charge is 2.37. The lowest BCUT2D eigenvalue weighted by molar-refractivity contribution is 0.132. The summed E-state index contributed by atoms with van der Waals surface area (Å²) in [6, 6.07) is 23.4. The first-order chi connectivity index (χ1) is 10.3. The van der Waals surface area contributed by atoms with Crippen LogP contribution in [0.2, 0.25) is 6.04 Å². The molecule has 0 saturated carbocycles. The van der Waals surface area contributed by atoms with Crippen LogP contribution in [0.1, 0.15) is 31.4 Å². The Morgan fingerprint density at radius 1 is 0.810 bits per heavy atom. The molecule has 0 aromatic heterocycles. The first-order valence-electron chi connectivity index (χ1n) is 8.15. The van der Waals surface area contributed by atoms with Crippen LogP contribution in [0.3, 0.4) is 0 Å². The zero-order valence-electron chi connectivity index (χ0n) is 13.5. The van der Waals surface area contributed by atoms with Crippen LogP contribution in [-0.2, 0) is 5.54 Å². The molecule has 0 aliphatic rings. The van der Waals surface area contributed by atoms with Crippen molar-refractivity contribution in [2.75, 3.05) is 13.1 Å². The van der Waals surface area contributed by atoms with E-state index in [0.717, 1.165) is 13.1 Å². The maximum atomic E-state index is 2.62. The van der Waals surface area contributed by atoms with Gasteiger partial charge in [0.05, 0.1) is 5.54 Å². The summed E-state index contributed by atoms with van der Waals surface area (Å²) >= 11 is 0. The van der Waals surface area contributed by atoms with Gasteiger partial charge in [-0.1, -0.05) is 80.6 Å². The Bertz CT molecular complexity index is 480. The van der Waals surface area contributed by atoms with Gasteiger partial charge in [-0.25, -0.2) is 0 Å². The number of nitrogens with zero attached hydrogens (tertiary/aromatic N) is 1. The average molecular weight is 298 g/mol. The maximum Gasteiger partial charge on any atom is 0.0712 e. The zero-order chi connectivity index (χ0) is 15.1. The maximum absolute atomic E-state index is 2.62. The minimum atomic E-state index is 0.0216. The van der Waals surface area contributed by atoms with Crippen LogP contribution in [-0.4, -0.2) is 28.2 Å². The molecule has 2 heteroatoms. The van der Waals surface area contributed by atoms with E-state index in [9.17, 15) is 0 Å². The van der Waals surface area contributed by atoms with E-state index >= 15 is 0 Å². The molecule has 0 saturated heterocycles. The van der Waals surface area contributed by atoms with Gasteiger partial charge in [-0.15, -0.1) is 0 Å². The molecule has 1 nitrogen and oxygen atoms in total. The van der Waals surface area contributed by atoms with Crippen LogP contribution >= 0.6 is 0 Å². The molecule has 0 heterocycles. The van der Waals surface area contributed by atoms with Gasteiger partial charge < -0.3 is 0 Å². The van der Waals surface area contributed by atoms with E-state index in [4.69, 9.17) is 0 Å². The summed E-state index contributed by atoms with van der Waals surface area (Å²) < 4.78 is 0. The summed E-state index contributed by atoms with van der Waals surface area (Å²) in [6.45, 7) is 6.69. The number of hydrogen-bond donors (Lipinski definition) is 0. The van der Waals surface area contributed by atoms with Crippen molar-refractivity contribution in [1.29, 1.82) is 0 Å². The van der Waals surface area contributed by atoms with Crippen LogP contribution in [0.15, 0.2) is 60.7 Å². The van der Waals surface area contributed by atoms with Crippen molar-refractivity contribution in [3.63, 3.8) is 0 Å². The van der Waals surface area contributed by atoms with Gasteiger partial charge in [-0.3, -0.25) is 4.90 Å². The van der Waals surface area contributed by atoms with Gasteiger partial charge >= 0.3 is 0 Å². The van der Waals surface area contributed by atoms with E-state index in [0.29, 0.717) is 0 Å². The van der Waals surface area contributed by atoms with Gasteiger partial charge in [-0.2, -0.15) is 0 Å². The Kier molecular flexibility index (Phi) is 5.77. The smallest absolute Gasteiger partial charge is 0.0712 e. The van der Waals surface area contributed by atoms with Crippen molar-refractivity contribution in [1.82, 2.24) is 4.90 Å². The molecule has 0 bridgehead atoms. The standard InChI is InChI=1S/C19H27NSi/c1-3-20(4-2)19(15-16-21,17-11-7-5-8-12-17)18-13-9-6-10-14-18/h5-14H,3-4,15-16H2,1-2,21H3. The van der Waals surface area contributed by atoms with Crippen LogP contribution in [0, 0.1) is 0 Å². The molecule has 2 aromatic rings. The summed E-state index contributed by atoms with van der Waals surface area (Å²) in [6.07, 6.45) is 1.20. The predicted octanol–water partition coefficient (Wildman–Crippen LogP) is 3.45. The Balaban J connectivity index is 2.65. The fourth-order valence-corrected chi connectivity index (χ4v) is 4.26. The lowest BCUT2D eigenvalue weighted by Crippen LogP contribution is -2.47. The lowest BCUT2D eigenvalue weighted by Gasteiger charge is -2.44. The number of rotatable bonds is 7. The van der Waals surface area contributed by atoms with Crippen molar-refractivity contribution >= 4 is 10.2 Å². The molecule has 0 fully saturated rings. The highest BCUT2D eigenvalue weighted by Crippen LogP contribution is 2.39. The first-order valence-corrected chi connectivity index (χ1v) is 9.57. The van der Waals surface area contributed by atoms with Crippen LogP contribution in [0.4, 0.5) is 0 Å². The predicted molar refractivity (Wildman–Crippen MR) is 95.9 cm³/mol. The molecular formula is C19H27NSi. The van der Waals surface area contributed by atoms with Gasteiger partial charge in [0.1, 0.15) is 0 Å². The third kappa shape index (κ3) is 3.12. The highest BCUT2D eigenvalue weighted by molar-refractivity contribution is 6.08. The summed E-state index contributed by atoms with van der Waals surface area (Å²) in [7, 11) is 1.25. The molecule has 0 unspecified atom stereocenters. The number of hydrogen-bond acceptors (Lipinski definition) is 1. The number of benzene rings is 2. The Labute approximate surface area is 132 Å². The molecule has 0 radical (unpaired) electrons. The SMILES string of the molecule is CCN(CC)C(CC[SiH3])(c1ccccc1)c1ccccc1. The monoisotopic (exact) mass is 297 g/mol. The highest BCUT2D eigenvalue weighted by atomic mass is 28.1.